The predicted octanol–water partition coefficient (Wildman–Crippen LogP) is 2.69. The molecule has 0 bridgehead atoms. The van der Waals surface area contributed by atoms with E-state index in [1.54, 1.807) is 0 Å². The Bertz CT molecular complexity index is 131. The van der Waals surface area contributed by atoms with Gasteiger partial charge in [0.05, 0.1) is 12.2 Å². The molecule has 0 aromatic rings. The fourth-order valence-corrected chi connectivity index (χ4v) is 1.25. The van der Waals surface area contributed by atoms with E-state index >= 15 is 0 Å². The molecule has 0 atom stereocenters. The van der Waals surface area contributed by atoms with Crippen molar-refractivity contribution >= 4 is 0 Å². The number of epoxide rings is 1. The standard InChI is InChI=1S/C10H16O/c1-3-5-7-10(9-11-10)8-6-4-2/h3-4H,1-2,5-9H2. The van der Waals surface area contributed by atoms with Gasteiger partial charge in [0.15, 0.2) is 0 Å². The lowest BCUT2D eigenvalue weighted by Crippen LogP contribution is -2.09. The molecule has 1 fully saturated rings. The summed E-state index contributed by atoms with van der Waals surface area (Å²) in [5.41, 5.74) is 0.211. The molecular formula is C10H16O. The quantitative estimate of drug-likeness (QED) is 0.421. The third kappa shape index (κ3) is 2.51. The van der Waals surface area contributed by atoms with E-state index in [1.165, 1.54) is 0 Å². The van der Waals surface area contributed by atoms with E-state index in [9.17, 15) is 0 Å². The van der Waals surface area contributed by atoms with Crippen LogP contribution >= 0.6 is 0 Å². The van der Waals surface area contributed by atoms with Crippen LogP contribution < -0.4 is 0 Å². The number of rotatable bonds is 6. The molecule has 0 aliphatic carbocycles. The molecule has 0 aromatic heterocycles. The average Bonchev–Trinajstić information content (AvgIpc) is 2.79. The van der Waals surface area contributed by atoms with Gasteiger partial charge in [-0.05, 0) is 25.7 Å². The predicted molar refractivity (Wildman–Crippen MR) is 47.5 cm³/mol. The highest BCUT2D eigenvalue weighted by atomic mass is 16.6. The zero-order chi connectivity index (χ0) is 8.16. The van der Waals surface area contributed by atoms with Gasteiger partial charge < -0.3 is 4.74 Å². The maximum Gasteiger partial charge on any atom is 0.0922 e. The van der Waals surface area contributed by atoms with Crippen LogP contribution in [-0.4, -0.2) is 12.2 Å². The molecule has 0 spiro atoms. The van der Waals surface area contributed by atoms with Crippen molar-refractivity contribution in [2.75, 3.05) is 6.61 Å². The van der Waals surface area contributed by atoms with Gasteiger partial charge in [-0.2, -0.15) is 0 Å². The van der Waals surface area contributed by atoms with E-state index < -0.39 is 0 Å². The normalized spacial score (nSPS) is 19.3. The second-order valence-corrected chi connectivity index (χ2v) is 3.13. The minimum Gasteiger partial charge on any atom is -0.370 e. The van der Waals surface area contributed by atoms with Crippen molar-refractivity contribution in [3.63, 3.8) is 0 Å². The van der Waals surface area contributed by atoms with Crippen molar-refractivity contribution in [1.29, 1.82) is 0 Å². The van der Waals surface area contributed by atoms with Crippen LogP contribution in [0, 0.1) is 0 Å². The van der Waals surface area contributed by atoms with Crippen LogP contribution in [0.4, 0.5) is 0 Å². The van der Waals surface area contributed by atoms with Gasteiger partial charge in [-0.1, -0.05) is 12.2 Å². The van der Waals surface area contributed by atoms with Crippen molar-refractivity contribution in [1.82, 2.24) is 0 Å². The number of ether oxygens (including phenoxy) is 1. The van der Waals surface area contributed by atoms with Crippen LogP contribution in [-0.2, 0) is 4.74 Å². The lowest BCUT2D eigenvalue weighted by atomic mass is 9.98. The zero-order valence-corrected chi connectivity index (χ0v) is 7.01. The Kier molecular flexibility index (Phi) is 2.89. The number of hydrogen-bond donors (Lipinski definition) is 0. The first-order valence-corrected chi connectivity index (χ1v) is 4.19. The van der Waals surface area contributed by atoms with Gasteiger partial charge in [0.1, 0.15) is 0 Å². The summed E-state index contributed by atoms with van der Waals surface area (Å²) in [7, 11) is 0. The van der Waals surface area contributed by atoms with E-state index in [2.05, 4.69) is 13.2 Å². The van der Waals surface area contributed by atoms with Gasteiger partial charge in [-0.15, -0.1) is 13.2 Å². The van der Waals surface area contributed by atoms with Crippen molar-refractivity contribution in [3.8, 4) is 0 Å². The van der Waals surface area contributed by atoms with Crippen molar-refractivity contribution < 1.29 is 4.74 Å². The molecule has 11 heavy (non-hydrogen) atoms. The first-order chi connectivity index (χ1) is 5.33. The third-order valence-electron chi connectivity index (χ3n) is 2.16. The third-order valence-corrected chi connectivity index (χ3v) is 2.16. The van der Waals surface area contributed by atoms with Gasteiger partial charge in [0.25, 0.3) is 0 Å². The van der Waals surface area contributed by atoms with Crippen LogP contribution in [0.1, 0.15) is 25.7 Å². The summed E-state index contributed by atoms with van der Waals surface area (Å²) >= 11 is 0. The molecule has 1 aliphatic heterocycles. The molecular weight excluding hydrogens is 136 g/mol. The Morgan fingerprint density at radius 1 is 1.18 bits per heavy atom. The van der Waals surface area contributed by atoms with Crippen molar-refractivity contribution in [2.24, 2.45) is 0 Å². The van der Waals surface area contributed by atoms with E-state index in [0.717, 1.165) is 32.3 Å². The molecule has 1 heteroatoms. The molecule has 1 nitrogen and oxygen atoms in total. The average molecular weight is 152 g/mol. The molecule has 0 unspecified atom stereocenters. The van der Waals surface area contributed by atoms with E-state index in [1.807, 2.05) is 12.2 Å². The van der Waals surface area contributed by atoms with E-state index in [4.69, 9.17) is 4.74 Å². The van der Waals surface area contributed by atoms with Gasteiger partial charge in [-0.3, -0.25) is 0 Å². The van der Waals surface area contributed by atoms with E-state index in [0.29, 0.717) is 0 Å². The first-order valence-electron chi connectivity index (χ1n) is 4.19. The summed E-state index contributed by atoms with van der Waals surface area (Å²) in [4.78, 5) is 0. The summed E-state index contributed by atoms with van der Waals surface area (Å²) in [6, 6.07) is 0. The molecule has 1 heterocycles. The van der Waals surface area contributed by atoms with Crippen LogP contribution in [0.5, 0.6) is 0 Å². The van der Waals surface area contributed by atoms with Gasteiger partial charge >= 0.3 is 0 Å². The van der Waals surface area contributed by atoms with Crippen LogP contribution in [0.15, 0.2) is 25.3 Å². The summed E-state index contributed by atoms with van der Waals surface area (Å²) < 4.78 is 5.40. The monoisotopic (exact) mass is 152 g/mol. The second kappa shape index (κ2) is 3.72. The maximum atomic E-state index is 5.40. The molecule has 0 amide bonds. The Balaban J connectivity index is 2.17. The van der Waals surface area contributed by atoms with Crippen LogP contribution in [0.2, 0.25) is 0 Å². The van der Waals surface area contributed by atoms with Crippen LogP contribution in [0.3, 0.4) is 0 Å². The topological polar surface area (TPSA) is 12.5 Å². The summed E-state index contributed by atoms with van der Waals surface area (Å²) in [6.07, 6.45) is 8.30. The molecule has 1 aliphatic rings. The maximum absolute atomic E-state index is 5.40. The number of hydrogen-bond acceptors (Lipinski definition) is 1. The molecule has 0 N–H and O–H groups in total. The first kappa shape index (κ1) is 8.54. The molecule has 62 valence electrons. The minimum atomic E-state index is 0.211. The largest absolute Gasteiger partial charge is 0.370 e. The van der Waals surface area contributed by atoms with Crippen LogP contribution in [0.25, 0.3) is 0 Å². The Morgan fingerprint density at radius 3 is 1.91 bits per heavy atom. The number of allylic oxidation sites excluding steroid dienone is 2. The summed E-state index contributed by atoms with van der Waals surface area (Å²) in [5, 5.41) is 0. The Morgan fingerprint density at radius 2 is 1.64 bits per heavy atom. The smallest absolute Gasteiger partial charge is 0.0922 e. The van der Waals surface area contributed by atoms with Crippen molar-refractivity contribution in [2.45, 2.75) is 31.3 Å². The molecule has 1 saturated heterocycles. The molecule has 1 rings (SSSR count). The second-order valence-electron chi connectivity index (χ2n) is 3.13. The van der Waals surface area contributed by atoms with Crippen molar-refractivity contribution in [3.05, 3.63) is 25.3 Å². The van der Waals surface area contributed by atoms with Gasteiger partial charge in [0.2, 0.25) is 0 Å². The van der Waals surface area contributed by atoms with E-state index in [-0.39, 0.29) is 5.60 Å². The fraction of sp³-hybridized carbons (Fsp3) is 0.600. The summed E-state index contributed by atoms with van der Waals surface area (Å²) in [6.45, 7) is 8.33. The SMILES string of the molecule is C=CCCC1(CCC=C)CO1. The Labute approximate surface area is 68.8 Å². The minimum absolute atomic E-state index is 0.211. The molecule has 0 saturated carbocycles. The van der Waals surface area contributed by atoms with Gasteiger partial charge in [-0.25, -0.2) is 0 Å². The highest BCUT2D eigenvalue weighted by molar-refractivity contribution is 4.95. The van der Waals surface area contributed by atoms with Gasteiger partial charge in [0, 0.05) is 0 Å². The lowest BCUT2D eigenvalue weighted by molar-refractivity contribution is 0.276. The highest BCUT2D eigenvalue weighted by Gasteiger charge is 2.42. The molecule has 0 aromatic carbocycles. The highest BCUT2D eigenvalue weighted by Crippen LogP contribution is 2.36. The lowest BCUT2D eigenvalue weighted by Gasteiger charge is -2.07. The zero-order valence-electron chi connectivity index (χ0n) is 7.01. The Hall–Kier alpha value is -0.560. The molecule has 0 radical (unpaired) electrons. The summed E-state index contributed by atoms with van der Waals surface area (Å²) in [5.74, 6) is 0. The fourth-order valence-electron chi connectivity index (χ4n) is 1.25.